The molecule has 0 amide bonds. The average molecular weight is 226 g/mol. The lowest BCUT2D eigenvalue weighted by molar-refractivity contribution is -0.0181. The van der Waals surface area contributed by atoms with Crippen LogP contribution in [0.15, 0.2) is 18.2 Å². The Morgan fingerprint density at radius 1 is 1.38 bits per heavy atom. The summed E-state index contributed by atoms with van der Waals surface area (Å²) >= 11 is 0. The van der Waals surface area contributed by atoms with Crippen LogP contribution in [0.25, 0.3) is 0 Å². The molecule has 0 aliphatic heterocycles. The number of aliphatic hydroxyl groups excluding tert-OH is 1. The molecular formula is C13H19FO2. The van der Waals surface area contributed by atoms with E-state index in [-0.39, 0.29) is 11.9 Å². The maximum absolute atomic E-state index is 13.2. The highest BCUT2D eigenvalue weighted by atomic mass is 19.1. The van der Waals surface area contributed by atoms with E-state index in [0.29, 0.717) is 5.56 Å². The van der Waals surface area contributed by atoms with Crippen molar-refractivity contribution < 1.29 is 14.2 Å². The monoisotopic (exact) mass is 226 g/mol. The van der Waals surface area contributed by atoms with Crippen molar-refractivity contribution in [1.82, 2.24) is 0 Å². The van der Waals surface area contributed by atoms with Crippen LogP contribution < -0.4 is 0 Å². The molecular weight excluding hydrogens is 207 g/mol. The number of hydrogen-bond acceptors (Lipinski definition) is 2. The smallest absolute Gasteiger partial charge is 0.123 e. The fourth-order valence-corrected chi connectivity index (χ4v) is 1.84. The van der Waals surface area contributed by atoms with Crippen molar-refractivity contribution in [3.8, 4) is 0 Å². The van der Waals surface area contributed by atoms with E-state index in [0.717, 1.165) is 18.4 Å². The fourth-order valence-electron chi connectivity index (χ4n) is 1.84. The minimum atomic E-state index is -0.764. The number of ether oxygens (including phenoxy) is 1. The Bertz CT molecular complexity index is 318. The van der Waals surface area contributed by atoms with Crippen LogP contribution in [0, 0.1) is 12.7 Å². The first-order valence-electron chi connectivity index (χ1n) is 5.56. The zero-order chi connectivity index (χ0) is 12.1. The van der Waals surface area contributed by atoms with Crippen molar-refractivity contribution >= 4 is 0 Å². The van der Waals surface area contributed by atoms with Gasteiger partial charge < -0.3 is 9.84 Å². The van der Waals surface area contributed by atoms with Crippen LogP contribution in [-0.4, -0.2) is 18.3 Å². The molecule has 0 spiro atoms. The van der Waals surface area contributed by atoms with Crippen LogP contribution in [0.2, 0.25) is 0 Å². The summed E-state index contributed by atoms with van der Waals surface area (Å²) in [5, 5.41) is 10.1. The van der Waals surface area contributed by atoms with Crippen LogP contribution in [0.4, 0.5) is 4.39 Å². The zero-order valence-corrected chi connectivity index (χ0v) is 10.0. The minimum absolute atomic E-state index is 0.272. The maximum atomic E-state index is 13.2. The molecule has 90 valence electrons. The number of methoxy groups -OCH3 is 1. The Labute approximate surface area is 96.1 Å². The average Bonchev–Trinajstić information content (AvgIpc) is 2.23. The molecule has 0 saturated carbocycles. The topological polar surface area (TPSA) is 29.5 Å². The molecule has 2 atom stereocenters. The Morgan fingerprint density at radius 2 is 2.06 bits per heavy atom. The van der Waals surface area contributed by atoms with Gasteiger partial charge in [0.15, 0.2) is 0 Å². The molecule has 1 rings (SSSR count). The Kier molecular flexibility index (Phi) is 4.90. The van der Waals surface area contributed by atoms with E-state index in [1.165, 1.54) is 12.1 Å². The van der Waals surface area contributed by atoms with Gasteiger partial charge in [-0.25, -0.2) is 4.39 Å². The van der Waals surface area contributed by atoms with Gasteiger partial charge in [-0.3, -0.25) is 0 Å². The normalized spacial score (nSPS) is 14.8. The number of benzene rings is 1. The predicted molar refractivity (Wildman–Crippen MR) is 61.8 cm³/mol. The van der Waals surface area contributed by atoms with Gasteiger partial charge in [0.1, 0.15) is 11.9 Å². The molecule has 1 aromatic rings. The van der Waals surface area contributed by atoms with E-state index in [9.17, 15) is 9.50 Å². The molecule has 0 fully saturated rings. The highest BCUT2D eigenvalue weighted by Gasteiger charge is 2.20. The number of halogens is 1. The summed E-state index contributed by atoms with van der Waals surface area (Å²) in [4.78, 5) is 0. The van der Waals surface area contributed by atoms with Gasteiger partial charge in [0.05, 0.1) is 6.10 Å². The maximum Gasteiger partial charge on any atom is 0.123 e. The molecule has 0 aliphatic carbocycles. The first-order chi connectivity index (χ1) is 7.58. The molecule has 2 unspecified atom stereocenters. The fraction of sp³-hybridized carbons (Fsp3) is 0.538. The molecule has 0 bridgehead atoms. The van der Waals surface area contributed by atoms with E-state index in [2.05, 4.69) is 0 Å². The Morgan fingerprint density at radius 3 is 2.56 bits per heavy atom. The number of hydrogen-bond donors (Lipinski definition) is 1. The van der Waals surface area contributed by atoms with Gasteiger partial charge in [-0.2, -0.15) is 0 Å². The lowest BCUT2D eigenvalue weighted by Gasteiger charge is -2.21. The molecule has 1 N–H and O–H groups in total. The van der Waals surface area contributed by atoms with Crippen LogP contribution in [-0.2, 0) is 4.74 Å². The SMILES string of the molecule is CCCC(OC)C(O)c1cc(C)cc(F)c1. The zero-order valence-electron chi connectivity index (χ0n) is 10.0. The van der Waals surface area contributed by atoms with Gasteiger partial charge >= 0.3 is 0 Å². The highest BCUT2D eigenvalue weighted by molar-refractivity contribution is 5.26. The van der Waals surface area contributed by atoms with Crippen molar-refractivity contribution in [2.45, 2.75) is 38.9 Å². The van der Waals surface area contributed by atoms with E-state index in [1.54, 1.807) is 20.1 Å². The summed E-state index contributed by atoms with van der Waals surface area (Å²) in [5.74, 6) is -0.319. The third-order valence-electron chi connectivity index (χ3n) is 2.63. The Balaban J connectivity index is 2.89. The second-order valence-corrected chi connectivity index (χ2v) is 4.07. The van der Waals surface area contributed by atoms with Crippen LogP contribution in [0.3, 0.4) is 0 Å². The quantitative estimate of drug-likeness (QED) is 0.836. The summed E-state index contributed by atoms with van der Waals surface area (Å²) in [6.45, 7) is 3.83. The third kappa shape index (κ3) is 3.29. The third-order valence-corrected chi connectivity index (χ3v) is 2.63. The first-order valence-corrected chi connectivity index (χ1v) is 5.56. The van der Waals surface area contributed by atoms with Crippen molar-refractivity contribution in [1.29, 1.82) is 0 Å². The molecule has 0 aliphatic rings. The van der Waals surface area contributed by atoms with Crippen molar-refractivity contribution in [2.24, 2.45) is 0 Å². The van der Waals surface area contributed by atoms with Crippen LogP contribution in [0.1, 0.15) is 37.0 Å². The van der Waals surface area contributed by atoms with Crippen LogP contribution in [0.5, 0.6) is 0 Å². The van der Waals surface area contributed by atoms with Gasteiger partial charge in [0.2, 0.25) is 0 Å². The summed E-state index contributed by atoms with van der Waals surface area (Å²) in [6, 6.07) is 4.59. The molecule has 0 saturated heterocycles. The Hall–Kier alpha value is -0.930. The standard InChI is InChI=1S/C13H19FO2/c1-4-5-12(16-3)13(15)10-6-9(2)7-11(14)8-10/h6-8,12-13,15H,4-5H2,1-3H3. The largest absolute Gasteiger partial charge is 0.386 e. The molecule has 2 nitrogen and oxygen atoms in total. The molecule has 3 heteroatoms. The second kappa shape index (κ2) is 5.97. The van der Waals surface area contributed by atoms with Gasteiger partial charge in [-0.05, 0) is 36.6 Å². The summed E-state index contributed by atoms with van der Waals surface area (Å²) < 4.78 is 18.4. The van der Waals surface area contributed by atoms with Crippen molar-refractivity contribution in [2.75, 3.05) is 7.11 Å². The second-order valence-electron chi connectivity index (χ2n) is 4.07. The van der Waals surface area contributed by atoms with Gasteiger partial charge in [-0.15, -0.1) is 0 Å². The highest BCUT2D eigenvalue weighted by Crippen LogP contribution is 2.23. The van der Waals surface area contributed by atoms with Crippen molar-refractivity contribution in [3.05, 3.63) is 35.1 Å². The van der Waals surface area contributed by atoms with Crippen LogP contribution >= 0.6 is 0 Å². The van der Waals surface area contributed by atoms with E-state index in [1.807, 2.05) is 6.92 Å². The van der Waals surface area contributed by atoms with E-state index in [4.69, 9.17) is 4.74 Å². The number of rotatable bonds is 5. The van der Waals surface area contributed by atoms with Gasteiger partial charge in [-0.1, -0.05) is 19.4 Å². The summed E-state index contributed by atoms with van der Waals surface area (Å²) in [5.41, 5.74) is 1.39. The molecule has 0 heterocycles. The number of aryl methyl sites for hydroxylation is 1. The summed E-state index contributed by atoms with van der Waals surface area (Å²) in [6.07, 6.45) is 0.641. The van der Waals surface area contributed by atoms with Gasteiger partial charge in [0, 0.05) is 7.11 Å². The minimum Gasteiger partial charge on any atom is -0.386 e. The molecule has 0 radical (unpaired) electrons. The van der Waals surface area contributed by atoms with Gasteiger partial charge in [0.25, 0.3) is 0 Å². The van der Waals surface area contributed by atoms with E-state index >= 15 is 0 Å². The first kappa shape index (κ1) is 13.1. The van der Waals surface area contributed by atoms with Crippen molar-refractivity contribution in [3.63, 3.8) is 0 Å². The lowest BCUT2D eigenvalue weighted by atomic mass is 9.99. The lowest BCUT2D eigenvalue weighted by Crippen LogP contribution is -2.20. The van der Waals surface area contributed by atoms with E-state index < -0.39 is 6.10 Å². The number of aliphatic hydroxyl groups is 1. The molecule has 16 heavy (non-hydrogen) atoms. The molecule has 1 aromatic carbocycles. The summed E-state index contributed by atoms with van der Waals surface area (Å²) in [7, 11) is 1.57. The predicted octanol–water partition coefficient (Wildman–Crippen LogP) is 2.98. The molecule has 0 aromatic heterocycles.